The van der Waals surface area contributed by atoms with E-state index in [0.717, 1.165) is 24.7 Å². The lowest BCUT2D eigenvalue weighted by Crippen LogP contribution is -2.31. The third-order valence-corrected chi connectivity index (χ3v) is 3.10. The van der Waals surface area contributed by atoms with Crippen LogP contribution in [0.2, 0.25) is 0 Å². The Bertz CT molecular complexity index is 168. The van der Waals surface area contributed by atoms with Crippen molar-refractivity contribution < 1.29 is 0 Å². The lowest BCUT2D eigenvalue weighted by Gasteiger charge is -2.22. The number of hydrogen-bond acceptors (Lipinski definition) is 1. The lowest BCUT2D eigenvalue weighted by molar-refractivity contribution is 0.334. The molecule has 2 N–H and O–H groups in total. The highest BCUT2D eigenvalue weighted by Gasteiger charge is 2.27. The van der Waals surface area contributed by atoms with Gasteiger partial charge in [0.05, 0.1) is 0 Å². The Morgan fingerprint density at radius 2 is 2.33 bits per heavy atom. The molecule has 3 atom stereocenters. The molecule has 0 saturated heterocycles. The summed E-state index contributed by atoms with van der Waals surface area (Å²) in [6.45, 7) is 2.31. The van der Waals surface area contributed by atoms with Crippen molar-refractivity contribution in [2.75, 3.05) is 0 Å². The van der Waals surface area contributed by atoms with Gasteiger partial charge in [-0.25, -0.2) is 0 Å². The van der Waals surface area contributed by atoms with Crippen LogP contribution in [-0.4, -0.2) is 6.04 Å². The molecular weight excluding hydrogens is 146 g/mol. The summed E-state index contributed by atoms with van der Waals surface area (Å²) >= 11 is 0. The highest BCUT2D eigenvalue weighted by Crippen LogP contribution is 2.33. The van der Waals surface area contributed by atoms with Crippen LogP contribution in [0.15, 0.2) is 0 Å². The van der Waals surface area contributed by atoms with Crippen molar-refractivity contribution in [3.05, 3.63) is 0 Å². The van der Waals surface area contributed by atoms with Gasteiger partial charge in [-0.3, -0.25) is 0 Å². The van der Waals surface area contributed by atoms with Crippen molar-refractivity contribution in [3.8, 4) is 12.3 Å². The van der Waals surface area contributed by atoms with Crippen molar-refractivity contribution in [1.29, 1.82) is 0 Å². The van der Waals surface area contributed by atoms with Crippen LogP contribution in [0.5, 0.6) is 0 Å². The van der Waals surface area contributed by atoms with Gasteiger partial charge >= 0.3 is 0 Å². The van der Waals surface area contributed by atoms with Gasteiger partial charge < -0.3 is 5.73 Å². The quantitative estimate of drug-likeness (QED) is 0.637. The van der Waals surface area contributed by atoms with Crippen LogP contribution in [0.25, 0.3) is 0 Å². The van der Waals surface area contributed by atoms with Crippen LogP contribution in [0.4, 0.5) is 0 Å². The maximum atomic E-state index is 6.06. The molecule has 1 rings (SSSR count). The topological polar surface area (TPSA) is 26.0 Å². The smallest absolute Gasteiger partial charge is 0.0101 e. The van der Waals surface area contributed by atoms with Gasteiger partial charge in [0.1, 0.15) is 0 Å². The molecule has 0 bridgehead atoms. The number of nitrogens with two attached hydrogens (primary N) is 1. The monoisotopic (exact) mass is 165 g/mol. The summed E-state index contributed by atoms with van der Waals surface area (Å²) in [6.07, 6.45) is 11.1. The molecule has 0 aromatic carbocycles. The molecule has 1 fully saturated rings. The van der Waals surface area contributed by atoms with Crippen LogP contribution < -0.4 is 5.73 Å². The molecule has 0 aromatic rings. The third-order valence-electron chi connectivity index (χ3n) is 3.10. The fourth-order valence-corrected chi connectivity index (χ4v) is 2.27. The number of rotatable bonds is 3. The van der Waals surface area contributed by atoms with Gasteiger partial charge in [0.15, 0.2) is 0 Å². The first-order valence-electron chi connectivity index (χ1n) is 4.94. The zero-order valence-corrected chi connectivity index (χ0v) is 7.92. The molecule has 3 unspecified atom stereocenters. The Labute approximate surface area is 75.7 Å². The van der Waals surface area contributed by atoms with Gasteiger partial charge in [0.25, 0.3) is 0 Å². The first-order valence-corrected chi connectivity index (χ1v) is 4.94. The summed E-state index contributed by atoms with van der Waals surface area (Å²) in [6, 6.07) is 0.346. The summed E-state index contributed by atoms with van der Waals surface area (Å²) in [5.41, 5.74) is 6.06. The summed E-state index contributed by atoms with van der Waals surface area (Å²) < 4.78 is 0. The molecule has 1 aliphatic carbocycles. The van der Waals surface area contributed by atoms with Crippen LogP contribution in [0.1, 0.15) is 39.0 Å². The van der Waals surface area contributed by atoms with Crippen LogP contribution in [-0.2, 0) is 0 Å². The molecular formula is C11H19N. The van der Waals surface area contributed by atoms with Crippen molar-refractivity contribution in [3.63, 3.8) is 0 Å². The highest BCUT2D eigenvalue weighted by molar-refractivity contribution is 4.89. The average Bonchev–Trinajstić information content (AvgIpc) is 2.47. The normalized spacial score (nSPS) is 31.4. The highest BCUT2D eigenvalue weighted by atomic mass is 14.7. The van der Waals surface area contributed by atoms with E-state index in [2.05, 4.69) is 12.8 Å². The largest absolute Gasteiger partial charge is 0.327 e. The van der Waals surface area contributed by atoms with Crippen LogP contribution in [0.3, 0.4) is 0 Å². The Balaban J connectivity index is 2.31. The molecule has 0 radical (unpaired) electrons. The lowest BCUT2D eigenvalue weighted by atomic mass is 9.88. The van der Waals surface area contributed by atoms with Crippen molar-refractivity contribution in [1.82, 2.24) is 0 Å². The van der Waals surface area contributed by atoms with E-state index in [9.17, 15) is 0 Å². The van der Waals surface area contributed by atoms with E-state index in [1.54, 1.807) is 0 Å². The van der Waals surface area contributed by atoms with Gasteiger partial charge in [0, 0.05) is 12.5 Å². The second kappa shape index (κ2) is 4.52. The SMILES string of the molecule is C#CCCC(N)C1CCCC1C. The molecule has 1 saturated carbocycles. The van der Waals surface area contributed by atoms with E-state index in [1.807, 2.05) is 0 Å². The zero-order valence-electron chi connectivity index (χ0n) is 7.92. The molecule has 12 heavy (non-hydrogen) atoms. The van der Waals surface area contributed by atoms with Gasteiger partial charge in [-0.1, -0.05) is 19.8 Å². The van der Waals surface area contributed by atoms with Gasteiger partial charge in [-0.15, -0.1) is 12.3 Å². The Kier molecular flexibility index (Phi) is 3.62. The molecule has 1 aliphatic rings. The summed E-state index contributed by atoms with van der Waals surface area (Å²) in [5, 5.41) is 0. The molecule has 1 heteroatoms. The first kappa shape index (κ1) is 9.61. The van der Waals surface area contributed by atoms with Crippen molar-refractivity contribution in [2.24, 2.45) is 17.6 Å². The maximum absolute atomic E-state index is 6.06. The summed E-state index contributed by atoms with van der Waals surface area (Å²) in [4.78, 5) is 0. The second-order valence-electron chi connectivity index (χ2n) is 3.98. The molecule has 0 heterocycles. The second-order valence-corrected chi connectivity index (χ2v) is 3.98. The molecule has 0 amide bonds. The van der Waals surface area contributed by atoms with Crippen molar-refractivity contribution >= 4 is 0 Å². The molecule has 1 nitrogen and oxygen atoms in total. The molecule has 0 aliphatic heterocycles. The van der Waals surface area contributed by atoms with E-state index < -0.39 is 0 Å². The zero-order chi connectivity index (χ0) is 8.97. The van der Waals surface area contributed by atoms with E-state index in [-0.39, 0.29) is 0 Å². The van der Waals surface area contributed by atoms with Gasteiger partial charge in [0.2, 0.25) is 0 Å². The van der Waals surface area contributed by atoms with E-state index >= 15 is 0 Å². The summed E-state index contributed by atoms with van der Waals surface area (Å²) in [5.74, 6) is 4.21. The third kappa shape index (κ3) is 2.25. The Morgan fingerprint density at radius 3 is 2.83 bits per heavy atom. The van der Waals surface area contributed by atoms with Gasteiger partial charge in [-0.05, 0) is 24.7 Å². The molecule has 68 valence electrons. The minimum Gasteiger partial charge on any atom is -0.327 e. The van der Waals surface area contributed by atoms with E-state index in [1.165, 1.54) is 19.3 Å². The van der Waals surface area contributed by atoms with Crippen LogP contribution >= 0.6 is 0 Å². The predicted molar refractivity (Wildman–Crippen MR) is 52.5 cm³/mol. The van der Waals surface area contributed by atoms with E-state index in [0.29, 0.717) is 6.04 Å². The minimum absolute atomic E-state index is 0.346. The fourth-order valence-electron chi connectivity index (χ4n) is 2.27. The fraction of sp³-hybridized carbons (Fsp3) is 0.818. The molecule has 0 spiro atoms. The number of terminal acetylenes is 1. The number of hydrogen-bond donors (Lipinski definition) is 1. The standard InChI is InChI=1S/C11H19N/c1-3-4-8-11(12)10-7-5-6-9(10)2/h1,9-11H,4-8,12H2,2H3. The summed E-state index contributed by atoms with van der Waals surface area (Å²) in [7, 11) is 0. The minimum atomic E-state index is 0.346. The van der Waals surface area contributed by atoms with Crippen LogP contribution in [0, 0.1) is 24.2 Å². The average molecular weight is 165 g/mol. The van der Waals surface area contributed by atoms with Crippen molar-refractivity contribution in [2.45, 2.75) is 45.1 Å². The maximum Gasteiger partial charge on any atom is 0.0101 e. The predicted octanol–water partition coefficient (Wildman–Crippen LogP) is 2.16. The first-order chi connectivity index (χ1) is 5.75. The van der Waals surface area contributed by atoms with E-state index in [4.69, 9.17) is 12.2 Å². The molecule has 0 aromatic heterocycles. The Morgan fingerprint density at radius 1 is 1.58 bits per heavy atom. The Hall–Kier alpha value is -0.480. The van der Waals surface area contributed by atoms with Gasteiger partial charge in [-0.2, -0.15) is 0 Å².